The third-order valence-electron chi connectivity index (χ3n) is 1.63. The maximum Gasteiger partial charge on any atom is 0.327 e. The van der Waals surface area contributed by atoms with Gasteiger partial charge in [0.25, 0.3) is 0 Å². The van der Waals surface area contributed by atoms with Crippen molar-refractivity contribution in [3.8, 4) is 5.75 Å². The second kappa shape index (κ2) is 5.80. The van der Waals surface area contributed by atoms with Crippen molar-refractivity contribution in [3.05, 3.63) is 42.2 Å². The van der Waals surface area contributed by atoms with Crippen LogP contribution in [-0.2, 0) is 4.79 Å². The molecule has 3 nitrogen and oxygen atoms in total. The van der Waals surface area contributed by atoms with E-state index in [2.05, 4.69) is 0 Å². The van der Waals surface area contributed by atoms with Gasteiger partial charge in [-0.15, -0.1) is 0 Å². The van der Waals surface area contributed by atoms with Gasteiger partial charge in [-0.3, -0.25) is 0 Å². The summed E-state index contributed by atoms with van der Waals surface area (Å²) in [7, 11) is 0. The summed E-state index contributed by atoms with van der Waals surface area (Å²) in [5, 5.41) is 8.29. The van der Waals surface area contributed by atoms with Crippen LogP contribution in [0.25, 0.3) is 0 Å². The first-order valence-electron chi connectivity index (χ1n) is 4.46. The molecule has 4 heteroatoms. The predicted molar refractivity (Wildman–Crippen MR) is 53.3 cm³/mol. The van der Waals surface area contributed by atoms with Crippen LogP contribution in [-0.4, -0.2) is 17.7 Å². The lowest BCUT2D eigenvalue weighted by Gasteiger charge is -2.03. The van der Waals surface area contributed by atoms with Crippen LogP contribution >= 0.6 is 0 Å². The Balaban J connectivity index is 2.26. The molecule has 0 saturated heterocycles. The molecule has 0 aliphatic heterocycles. The minimum absolute atomic E-state index is 0.312. The lowest BCUT2D eigenvalue weighted by Crippen LogP contribution is -1.96. The van der Waals surface area contributed by atoms with E-state index in [1.165, 1.54) is 30.3 Å². The molecular formula is C11H11FO3. The zero-order valence-corrected chi connectivity index (χ0v) is 8.02. The number of halogens is 1. The van der Waals surface area contributed by atoms with Crippen LogP contribution in [0.1, 0.15) is 6.42 Å². The van der Waals surface area contributed by atoms with Gasteiger partial charge in [0.15, 0.2) is 0 Å². The smallest absolute Gasteiger partial charge is 0.327 e. The third-order valence-corrected chi connectivity index (χ3v) is 1.63. The molecule has 0 saturated carbocycles. The molecule has 0 aliphatic carbocycles. The van der Waals surface area contributed by atoms with Crippen LogP contribution in [0.3, 0.4) is 0 Å². The van der Waals surface area contributed by atoms with E-state index in [0.717, 1.165) is 6.08 Å². The van der Waals surface area contributed by atoms with Crippen LogP contribution < -0.4 is 4.74 Å². The van der Waals surface area contributed by atoms with E-state index in [4.69, 9.17) is 9.84 Å². The number of carboxylic acid groups (broad SMARTS) is 1. The van der Waals surface area contributed by atoms with Gasteiger partial charge in [-0.1, -0.05) is 6.08 Å². The fourth-order valence-electron chi connectivity index (χ4n) is 0.960. The van der Waals surface area contributed by atoms with Crippen molar-refractivity contribution >= 4 is 5.97 Å². The number of carbonyl (C=O) groups is 1. The number of benzene rings is 1. The van der Waals surface area contributed by atoms with Gasteiger partial charge >= 0.3 is 5.97 Å². The van der Waals surface area contributed by atoms with E-state index in [1.807, 2.05) is 0 Å². The number of hydrogen-bond acceptors (Lipinski definition) is 2. The van der Waals surface area contributed by atoms with E-state index in [0.29, 0.717) is 18.8 Å². The molecule has 1 N–H and O–H groups in total. The predicted octanol–water partition coefficient (Wildman–Crippen LogP) is 2.24. The molecule has 0 fully saturated rings. The van der Waals surface area contributed by atoms with Gasteiger partial charge in [0.2, 0.25) is 0 Å². The Morgan fingerprint density at radius 1 is 1.40 bits per heavy atom. The fraction of sp³-hybridized carbons (Fsp3) is 0.182. The van der Waals surface area contributed by atoms with E-state index in [9.17, 15) is 9.18 Å². The van der Waals surface area contributed by atoms with E-state index < -0.39 is 5.97 Å². The topological polar surface area (TPSA) is 46.5 Å². The van der Waals surface area contributed by atoms with Crippen molar-refractivity contribution in [2.24, 2.45) is 0 Å². The van der Waals surface area contributed by atoms with Crippen LogP contribution in [0, 0.1) is 5.82 Å². The molecule has 0 spiro atoms. The van der Waals surface area contributed by atoms with Gasteiger partial charge in [0, 0.05) is 6.08 Å². The van der Waals surface area contributed by atoms with Gasteiger partial charge in [-0.25, -0.2) is 9.18 Å². The Morgan fingerprint density at radius 3 is 2.67 bits per heavy atom. The zero-order valence-electron chi connectivity index (χ0n) is 8.02. The Bertz CT molecular complexity index is 343. The highest BCUT2D eigenvalue weighted by Gasteiger charge is 1.93. The number of aliphatic carboxylic acids is 1. The Morgan fingerprint density at radius 2 is 2.07 bits per heavy atom. The Hall–Kier alpha value is -1.84. The number of hydrogen-bond donors (Lipinski definition) is 1. The third kappa shape index (κ3) is 4.81. The van der Waals surface area contributed by atoms with Crippen LogP contribution in [0.15, 0.2) is 36.4 Å². The Labute approximate surface area is 86.8 Å². The molecule has 0 atom stereocenters. The molecule has 0 unspecified atom stereocenters. The van der Waals surface area contributed by atoms with Crippen molar-refractivity contribution in [1.82, 2.24) is 0 Å². The van der Waals surface area contributed by atoms with Crippen molar-refractivity contribution < 1.29 is 19.0 Å². The summed E-state index contributed by atoms with van der Waals surface area (Å²) >= 11 is 0. The molecular weight excluding hydrogens is 199 g/mol. The van der Waals surface area contributed by atoms with Crippen molar-refractivity contribution in [2.45, 2.75) is 6.42 Å². The monoisotopic (exact) mass is 210 g/mol. The maximum absolute atomic E-state index is 12.5. The molecule has 0 bridgehead atoms. The average molecular weight is 210 g/mol. The summed E-state index contributed by atoms with van der Waals surface area (Å²) in [5.41, 5.74) is 0. The van der Waals surface area contributed by atoms with E-state index in [1.54, 1.807) is 0 Å². The van der Waals surface area contributed by atoms with Crippen LogP contribution in [0.2, 0.25) is 0 Å². The molecule has 0 aliphatic rings. The summed E-state index contributed by atoms with van der Waals surface area (Å²) in [5.74, 6) is -0.718. The SMILES string of the molecule is O=C(O)/C=C/CCOc1ccc(F)cc1. The van der Waals surface area contributed by atoms with E-state index in [-0.39, 0.29) is 5.82 Å². The van der Waals surface area contributed by atoms with Gasteiger partial charge < -0.3 is 9.84 Å². The molecule has 15 heavy (non-hydrogen) atoms. The highest BCUT2D eigenvalue weighted by atomic mass is 19.1. The number of ether oxygens (including phenoxy) is 1. The molecule has 0 heterocycles. The van der Waals surface area contributed by atoms with Crippen molar-refractivity contribution in [3.63, 3.8) is 0 Å². The van der Waals surface area contributed by atoms with Gasteiger partial charge in [0.05, 0.1) is 6.61 Å². The van der Waals surface area contributed by atoms with Gasteiger partial charge in [-0.2, -0.15) is 0 Å². The quantitative estimate of drug-likeness (QED) is 0.598. The number of carboxylic acids is 1. The highest BCUT2D eigenvalue weighted by molar-refractivity contribution is 5.79. The average Bonchev–Trinajstić information content (AvgIpc) is 2.20. The second-order valence-corrected chi connectivity index (χ2v) is 2.83. The molecule has 0 radical (unpaired) electrons. The summed E-state index contributed by atoms with van der Waals surface area (Å²) in [6, 6.07) is 5.66. The second-order valence-electron chi connectivity index (χ2n) is 2.83. The van der Waals surface area contributed by atoms with Crippen LogP contribution in [0.5, 0.6) is 5.75 Å². The Kier molecular flexibility index (Phi) is 4.34. The van der Waals surface area contributed by atoms with Crippen molar-refractivity contribution in [2.75, 3.05) is 6.61 Å². The molecule has 1 aromatic carbocycles. The molecule has 1 rings (SSSR count). The summed E-state index contributed by atoms with van der Waals surface area (Å²) < 4.78 is 17.7. The molecule has 1 aromatic rings. The normalized spacial score (nSPS) is 10.5. The minimum Gasteiger partial charge on any atom is -0.493 e. The summed E-state index contributed by atoms with van der Waals surface area (Å²) in [6.07, 6.45) is 3.07. The van der Waals surface area contributed by atoms with Crippen LogP contribution in [0.4, 0.5) is 4.39 Å². The standard InChI is InChI=1S/C11H11FO3/c12-9-4-6-10(7-5-9)15-8-2-1-3-11(13)14/h1,3-7H,2,8H2,(H,13,14)/b3-1+. The first-order chi connectivity index (χ1) is 7.18. The van der Waals surface area contributed by atoms with Gasteiger partial charge in [0.1, 0.15) is 11.6 Å². The largest absolute Gasteiger partial charge is 0.493 e. The highest BCUT2D eigenvalue weighted by Crippen LogP contribution is 2.11. The first-order valence-corrected chi connectivity index (χ1v) is 4.46. The molecule has 0 aromatic heterocycles. The zero-order chi connectivity index (χ0) is 11.1. The minimum atomic E-state index is -0.975. The number of rotatable bonds is 5. The fourth-order valence-corrected chi connectivity index (χ4v) is 0.960. The maximum atomic E-state index is 12.5. The molecule has 80 valence electrons. The van der Waals surface area contributed by atoms with Gasteiger partial charge in [-0.05, 0) is 30.7 Å². The van der Waals surface area contributed by atoms with Crippen molar-refractivity contribution in [1.29, 1.82) is 0 Å². The van der Waals surface area contributed by atoms with E-state index >= 15 is 0 Å². The summed E-state index contributed by atoms with van der Waals surface area (Å²) in [6.45, 7) is 0.370. The lowest BCUT2D eigenvalue weighted by atomic mass is 10.3. The lowest BCUT2D eigenvalue weighted by molar-refractivity contribution is -0.131. The first kappa shape index (κ1) is 11.2. The summed E-state index contributed by atoms with van der Waals surface area (Å²) in [4.78, 5) is 10.1. The molecule has 0 amide bonds.